The van der Waals surface area contributed by atoms with Crippen LogP contribution in [0.1, 0.15) is 25.5 Å². The molecule has 1 amide bonds. The molecule has 2 aromatic rings. The van der Waals surface area contributed by atoms with Gasteiger partial charge >= 0.3 is 0 Å². The SMILES string of the molecule is COc1cc([N+](=O)[O-])ccc1NC(=O)[C@@H](C)N[C@@H](C)c1ccc(F)cc1F. The van der Waals surface area contributed by atoms with Gasteiger partial charge in [0.05, 0.1) is 29.8 Å². The average molecular weight is 379 g/mol. The zero-order chi connectivity index (χ0) is 20.1. The number of anilines is 1. The number of methoxy groups -OCH3 is 1. The molecule has 0 saturated heterocycles. The lowest BCUT2D eigenvalue weighted by Crippen LogP contribution is -2.39. The van der Waals surface area contributed by atoms with Crippen molar-refractivity contribution < 1.29 is 23.2 Å². The number of ether oxygens (including phenoxy) is 1. The molecule has 2 atom stereocenters. The molecular formula is C18H19F2N3O4. The minimum absolute atomic E-state index is 0.141. The Morgan fingerprint density at radius 2 is 1.89 bits per heavy atom. The van der Waals surface area contributed by atoms with E-state index in [-0.39, 0.29) is 22.7 Å². The quantitative estimate of drug-likeness (QED) is 0.567. The molecule has 7 nitrogen and oxygen atoms in total. The molecule has 27 heavy (non-hydrogen) atoms. The number of nitro benzene ring substituents is 1. The maximum absolute atomic E-state index is 13.8. The lowest BCUT2D eigenvalue weighted by Gasteiger charge is -2.21. The molecule has 0 aliphatic rings. The van der Waals surface area contributed by atoms with Gasteiger partial charge in [0, 0.05) is 23.7 Å². The number of halogens is 2. The van der Waals surface area contributed by atoms with E-state index in [2.05, 4.69) is 10.6 Å². The summed E-state index contributed by atoms with van der Waals surface area (Å²) in [5.74, 6) is -1.70. The Bertz CT molecular complexity index is 860. The van der Waals surface area contributed by atoms with Crippen LogP contribution in [-0.4, -0.2) is 24.0 Å². The zero-order valence-electron chi connectivity index (χ0n) is 15.0. The predicted molar refractivity (Wildman–Crippen MR) is 95.6 cm³/mol. The van der Waals surface area contributed by atoms with E-state index in [1.807, 2.05) is 0 Å². The number of hydrogen-bond donors (Lipinski definition) is 2. The van der Waals surface area contributed by atoms with Crippen molar-refractivity contribution in [3.05, 3.63) is 63.7 Å². The molecule has 0 aliphatic carbocycles. The number of carbonyl (C=O) groups excluding carboxylic acids is 1. The highest BCUT2D eigenvalue weighted by Crippen LogP contribution is 2.29. The minimum atomic E-state index is -0.732. The number of amides is 1. The van der Waals surface area contributed by atoms with Crippen molar-refractivity contribution in [2.45, 2.75) is 25.9 Å². The molecule has 2 N–H and O–H groups in total. The molecule has 9 heteroatoms. The number of nitrogens with zero attached hydrogens (tertiary/aromatic N) is 1. The van der Waals surface area contributed by atoms with Crippen LogP contribution in [-0.2, 0) is 4.79 Å². The van der Waals surface area contributed by atoms with Crippen LogP contribution in [0.2, 0.25) is 0 Å². The molecule has 0 unspecified atom stereocenters. The van der Waals surface area contributed by atoms with E-state index < -0.39 is 34.5 Å². The van der Waals surface area contributed by atoms with Gasteiger partial charge < -0.3 is 10.1 Å². The molecule has 0 bridgehead atoms. The third kappa shape index (κ3) is 4.98. The van der Waals surface area contributed by atoms with Crippen LogP contribution < -0.4 is 15.4 Å². The third-order valence-electron chi connectivity index (χ3n) is 3.98. The number of nitrogens with one attached hydrogen (secondary N) is 2. The summed E-state index contributed by atoms with van der Waals surface area (Å²) in [5.41, 5.74) is 0.322. The lowest BCUT2D eigenvalue weighted by atomic mass is 10.1. The Labute approximate surface area is 154 Å². The van der Waals surface area contributed by atoms with Gasteiger partial charge in [-0.15, -0.1) is 0 Å². The molecule has 2 rings (SSSR count). The molecule has 0 spiro atoms. The van der Waals surface area contributed by atoms with Crippen LogP contribution in [0, 0.1) is 21.7 Å². The molecule has 0 heterocycles. The molecule has 0 aliphatic heterocycles. The first-order valence-corrected chi connectivity index (χ1v) is 8.07. The van der Waals surface area contributed by atoms with Gasteiger partial charge in [-0.25, -0.2) is 8.78 Å². The van der Waals surface area contributed by atoms with Gasteiger partial charge in [-0.1, -0.05) is 6.07 Å². The van der Waals surface area contributed by atoms with Crippen LogP contribution in [0.5, 0.6) is 5.75 Å². The van der Waals surface area contributed by atoms with Crippen molar-refractivity contribution in [1.82, 2.24) is 5.32 Å². The van der Waals surface area contributed by atoms with E-state index in [0.717, 1.165) is 12.1 Å². The summed E-state index contributed by atoms with van der Waals surface area (Å²) < 4.78 is 31.9. The van der Waals surface area contributed by atoms with E-state index >= 15 is 0 Å². The fourth-order valence-corrected chi connectivity index (χ4v) is 2.53. The summed E-state index contributed by atoms with van der Waals surface area (Å²) in [6, 6.07) is 5.76. The Balaban J connectivity index is 2.08. The van der Waals surface area contributed by atoms with Crippen molar-refractivity contribution in [3.63, 3.8) is 0 Å². The second-order valence-corrected chi connectivity index (χ2v) is 5.91. The van der Waals surface area contributed by atoms with Crippen LogP contribution in [0.4, 0.5) is 20.2 Å². The smallest absolute Gasteiger partial charge is 0.273 e. The van der Waals surface area contributed by atoms with Crippen LogP contribution in [0.15, 0.2) is 36.4 Å². The van der Waals surface area contributed by atoms with Gasteiger partial charge in [0.25, 0.3) is 5.69 Å². The highest BCUT2D eigenvalue weighted by Gasteiger charge is 2.20. The van der Waals surface area contributed by atoms with Crippen LogP contribution >= 0.6 is 0 Å². The van der Waals surface area contributed by atoms with Crippen LogP contribution in [0.25, 0.3) is 0 Å². The number of carbonyl (C=O) groups is 1. The fraction of sp³-hybridized carbons (Fsp3) is 0.278. The van der Waals surface area contributed by atoms with Crippen molar-refractivity contribution in [2.75, 3.05) is 12.4 Å². The second-order valence-electron chi connectivity index (χ2n) is 5.91. The summed E-state index contributed by atoms with van der Waals surface area (Å²) in [6.07, 6.45) is 0. The van der Waals surface area contributed by atoms with Gasteiger partial charge in [0.15, 0.2) is 0 Å². The first kappa shape index (κ1) is 20.2. The van der Waals surface area contributed by atoms with Crippen LogP contribution in [0.3, 0.4) is 0 Å². The second kappa shape index (κ2) is 8.54. The molecular weight excluding hydrogens is 360 g/mol. The zero-order valence-corrected chi connectivity index (χ0v) is 15.0. The topological polar surface area (TPSA) is 93.5 Å². The Kier molecular flexibility index (Phi) is 6.40. The highest BCUT2D eigenvalue weighted by molar-refractivity contribution is 5.96. The molecule has 0 radical (unpaired) electrons. The van der Waals surface area contributed by atoms with E-state index in [1.54, 1.807) is 13.8 Å². The number of hydrogen-bond acceptors (Lipinski definition) is 5. The van der Waals surface area contributed by atoms with Gasteiger partial charge in [0.1, 0.15) is 17.4 Å². The van der Waals surface area contributed by atoms with Gasteiger partial charge in [-0.2, -0.15) is 0 Å². The third-order valence-corrected chi connectivity index (χ3v) is 3.98. The number of nitro groups is 1. The molecule has 144 valence electrons. The average Bonchev–Trinajstić information content (AvgIpc) is 2.61. The summed E-state index contributed by atoms with van der Waals surface area (Å²) in [4.78, 5) is 22.6. The van der Waals surface area contributed by atoms with Crippen molar-refractivity contribution in [2.24, 2.45) is 0 Å². The maximum atomic E-state index is 13.8. The molecule has 2 aromatic carbocycles. The number of non-ortho nitro benzene ring substituents is 1. The van der Waals surface area contributed by atoms with Gasteiger partial charge in [0.2, 0.25) is 5.91 Å². The fourth-order valence-electron chi connectivity index (χ4n) is 2.53. The Morgan fingerprint density at radius 1 is 1.19 bits per heavy atom. The van der Waals surface area contributed by atoms with Gasteiger partial charge in [-0.3, -0.25) is 20.2 Å². The Morgan fingerprint density at radius 3 is 2.48 bits per heavy atom. The Hall–Kier alpha value is -3.07. The van der Waals surface area contributed by atoms with E-state index in [4.69, 9.17) is 4.74 Å². The largest absolute Gasteiger partial charge is 0.494 e. The maximum Gasteiger partial charge on any atom is 0.273 e. The van der Waals surface area contributed by atoms with Crippen molar-refractivity contribution >= 4 is 17.3 Å². The molecule has 0 fully saturated rings. The van der Waals surface area contributed by atoms with Crippen molar-refractivity contribution in [1.29, 1.82) is 0 Å². The summed E-state index contributed by atoms with van der Waals surface area (Å²) in [7, 11) is 1.33. The standard InChI is InChI=1S/C18H19F2N3O4/c1-10(14-6-4-12(19)8-15(14)20)21-11(2)18(24)22-16-7-5-13(23(25)26)9-17(16)27-3/h4-11,21H,1-3H3,(H,22,24)/t10-,11+/m0/s1. The van der Waals surface area contributed by atoms with E-state index in [9.17, 15) is 23.7 Å². The summed E-state index contributed by atoms with van der Waals surface area (Å²) >= 11 is 0. The summed E-state index contributed by atoms with van der Waals surface area (Å²) in [6.45, 7) is 3.22. The molecule has 0 saturated carbocycles. The van der Waals surface area contributed by atoms with Gasteiger partial charge in [-0.05, 0) is 26.0 Å². The number of rotatable bonds is 7. The monoisotopic (exact) mass is 379 g/mol. The van der Waals surface area contributed by atoms with E-state index in [1.165, 1.54) is 31.4 Å². The lowest BCUT2D eigenvalue weighted by molar-refractivity contribution is -0.384. The summed E-state index contributed by atoms with van der Waals surface area (Å²) in [5, 5.41) is 16.3. The number of benzene rings is 2. The normalized spacial score (nSPS) is 12.9. The van der Waals surface area contributed by atoms with E-state index in [0.29, 0.717) is 0 Å². The first-order valence-electron chi connectivity index (χ1n) is 8.07. The predicted octanol–water partition coefficient (Wildman–Crippen LogP) is 3.56. The van der Waals surface area contributed by atoms with Crippen molar-refractivity contribution in [3.8, 4) is 5.75 Å². The highest BCUT2D eigenvalue weighted by atomic mass is 19.1. The minimum Gasteiger partial charge on any atom is -0.494 e. The molecule has 0 aromatic heterocycles. The first-order chi connectivity index (χ1) is 12.7.